The highest BCUT2D eigenvalue weighted by atomic mass is 32.2. The fourth-order valence-electron chi connectivity index (χ4n) is 2.46. The standard InChI is InChI=1S/C17H18N2O3S2/c1-22-14-6-5-11(16-19-13(10-24-16)17(20)21)8-12(14)9-23-15-4-2-3-7-18-15/h2-8,13,16,19H,9-10H2,1H3,(H,20,21)/t13-,16-/m0/s1. The molecule has 7 heteroatoms. The lowest BCUT2D eigenvalue weighted by molar-refractivity contribution is -0.138. The first-order chi connectivity index (χ1) is 11.7. The minimum Gasteiger partial charge on any atom is -0.496 e. The third kappa shape index (κ3) is 4.03. The number of nitrogens with zero attached hydrogens (tertiary/aromatic N) is 1. The lowest BCUT2D eigenvalue weighted by Gasteiger charge is -2.15. The molecule has 0 bridgehead atoms. The zero-order valence-electron chi connectivity index (χ0n) is 13.1. The molecule has 2 heterocycles. The maximum Gasteiger partial charge on any atom is 0.321 e. The Balaban J connectivity index is 1.74. The van der Waals surface area contributed by atoms with Gasteiger partial charge in [-0.05, 0) is 29.8 Å². The van der Waals surface area contributed by atoms with Crippen LogP contribution in [0.2, 0.25) is 0 Å². The molecule has 0 radical (unpaired) electrons. The summed E-state index contributed by atoms with van der Waals surface area (Å²) in [6.07, 6.45) is 1.78. The van der Waals surface area contributed by atoms with Crippen molar-refractivity contribution in [3.05, 3.63) is 53.7 Å². The van der Waals surface area contributed by atoms with Crippen LogP contribution in [-0.4, -0.2) is 35.0 Å². The number of pyridine rings is 1. The molecule has 126 valence electrons. The summed E-state index contributed by atoms with van der Waals surface area (Å²) in [6.45, 7) is 0. The number of hydrogen-bond donors (Lipinski definition) is 2. The zero-order valence-corrected chi connectivity index (χ0v) is 14.8. The van der Waals surface area contributed by atoms with E-state index < -0.39 is 12.0 Å². The van der Waals surface area contributed by atoms with Crippen LogP contribution in [0.25, 0.3) is 0 Å². The summed E-state index contributed by atoms with van der Waals surface area (Å²) in [5.41, 5.74) is 2.15. The van der Waals surface area contributed by atoms with Gasteiger partial charge in [-0.25, -0.2) is 4.98 Å². The molecule has 1 fully saturated rings. The second-order valence-corrected chi connectivity index (χ2v) is 7.43. The summed E-state index contributed by atoms with van der Waals surface area (Å²) in [4.78, 5) is 15.4. The van der Waals surface area contributed by atoms with Crippen molar-refractivity contribution in [3.63, 3.8) is 0 Å². The number of rotatable bonds is 6. The van der Waals surface area contributed by atoms with Crippen molar-refractivity contribution in [2.24, 2.45) is 0 Å². The van der Waals surface area contributed by atoms with Gasteiger partial charge < -0.3 is 9.84 Å². The average molecular weight is 362 g/mol. The van der Waals surface area contributed by atoms with E-state index >= 15 is 0 Å². The fraction of sp³-hybridized carbons (Fsp3) is 0.294. The fourth-order valence-corrected chi connectivity index (χ4v) is 4.53. The van der Waals surface area contributed by atoms with Crippen molar-refractivity contribution in [1.82, 2.24) is 10.3 Å². The Bertz CT molecular complexity index is 712. The highest BCUT2D eigenvalue weighted by Crippen LogP contribution is 2.36. The molecule has 0 aliphatic carbocycles. The minimum absolute atomic E-state index is 0.00407. The maximum atomic E-state index is 11.1. The molecule has 5 nitrogen and oxygen atoms in total. The Labute approximate surface area is 149 Å². The van der Waals surface area contributed by atoms with Crippen molar-refractivity contribution in [3.8, 4) is 5.75 Å². The summed E-state index contributed by atoms with van der Waals surface area (Å²) < 4.78 is 5.46. The highest BCUT2D eigenvalue weighted by molar-refractivity contribution is 7.99. The van der Waals surface area contributed by atoms with Gasteiger partial charge in [-0.1, -0.05) is 12.1 Å². The molecule has 0 spiro atoms. The molecule has 2 atom stereocenters. The number of methoxy groups -OCH3 is 1. The van der Waals surface area contributed by atoms with E-state index in [1.165, 1.54) is 0 Å². The van der Waals surface area contributed by atoms with Crippen molar-refractivity contribution >= 4 is 29.5 Å². The predicted molar refractivity (Wildman–Crippen MR) is 96.6 cm³/mol. The van der Waals surface area contributed by atoms with Gasteiger partial charge in [0.15, 0.2) is 0 Å². The van der Waals surface area contributed by atoms with Crippen LogP contribution < -0.4 is 10.1 Å². The summed E-state index contributed by atoms with van der Waals surface area (Å²) in [5.74, 6) is 1.35. The number of nitrogens with one attached hydrogen (secondary N) is 1. The summed E-state index contributed by atoms with van der Waals surface area (Å²) in [6, 6.07) is 11.4. The van der Waals surface area contributed by atoms with Crippen molar-refractivity contribution in [2.75, 3.05) is 12.9 Å². The number of carbonyl (C=O) groups is 1. The largest absolute Gasteiger partial charge is 0.496 e. The Hall–Kier alpha value is -1.70. The first-order valence-electron chi connectivity index (χ1n) is 7.48. The lowest BCUT2D eigenvalue weighted by atomic mass is 10.1. The van der Waals surface area contributed by atoms with Gasteiger partial charge in [-0.2, -0.15) is 0 Å². The SMILES string of the molecule is COc1ccc([C@H]2N[C@H](C(=O)O)CS2)cc1CSc1ccccn1. The van der Waals surface area contributed by atoms with Gasteiger partial charge in [0.25, 0.3) is 0 Å². The van der Waals surface area contributed by atoms with Gasteiger partial charge in [-0.15, -0.1) is 23.5 Å². The first-order valence-corrected chi connectivity index (χ1v) is 9.52. The van der Waals surface area contributed by atoms with Crippen LogP contribution >= 0.6 is 23.5 Å². The highest BCUT2D eigenvalue weighted by Gasteiger charge is 2.30. The number of thioether (sulfide) groups is 2. The van der Waals surface area contributed by atoms with Gasteiger partial charge in [0.2, 0.25) is 0 Å². The van der Waals surface area contributed by atoms with Gasteiger partial charge in [0, 0.05) is 23.3 Å². The van der Waals surface area contributed by atoms with E-state index in [0.717, 1.165) is 27.7 Å². The van der Waals surface area contributed by atoms with Crippen molar-refractivity contribution in [2.45, 2.75) is 22.2 Å². The maximum absolute atomic E-state index is 11.1. The van der Waals surface area contributed by atoms with Crippen LogP contribution in [-0.2, 0) is 10.5 Å². The number of carboxylic acids is 1. The molecule has 24 heavy (non-hydrogen) atoms. The predicted octanol–water partition coefficient (Wildman–Crippen LogP) is 3.17. The number of aromatic nitrogens is 1. The summed E-state index contributed by atoms with van der Waals surface area (Å²) in [5, 5.41) is 13.2. The molecule has 1 aromatic carbocycles. The smallest absolute Gasteiger partial charge is 0.321 e. The molecule has 3 rings (SSSR count). The molecule has 2 N–H and O–H groups in total. The van der Waals surface area contributed by atoms with Crippen LogP contribution in [0.4, 0.5) is 0 Å². The molecular formula is C17H18N2O3S2. The first kappa shape index (κ1) is 17.1. The molecule has 0 amide bonds. The monoisotopic (exact) mass is 362 g/mol. The molecule has 1 aliphatic rings. The molecule has 1 aromatic heterocycles. The lowest BCUT2D eigenvalue weighted by Crippen LogP contribution is -2.33. The third-order valence-corrected chi connectivity index (χ3v) is 5.96. The van der Waals surface area contributed by atoms with Gasteiger partial charge in [0.1, 0.15) is 11.8 Å². The quantitative estimate of drug-likeness (QED) is 0.765. The Morgan fingerprint density at radius 3 is 3.00 bits per heavy atom. The minimum atomic E-state index is -0.801. The van der Waals surface area contributed by atoms with E-state index in [1.807, 2.05) is 30.3 Å². The van der Waals surface area contributed by atoms with Gasteiger partial charge in [0.05, 0.1) is 17.5 Å². The van der Waals surface area contributed by atoms with E-state index in [1.54, 1.807) is 36.8 Å². The topological polar surface area (TPSA) is 71.5 Å². The van der Waals surface area contributed by atoms with Crippen molar-refractivity contribution in [1.29, 1.82) is 0 Å². The number of hydrogen-bond acceptors (Lipinski definition) is 6. The molecule has 1 aliphatic heterocycles. The second kappa shape index (κ2) is 7.92. The van der Waals surface area contributed by atoms with Gasteiger partial charge in [-0.3, -0.25) is 10.1 Å². The Morgan fingerprint density at radius 1 is 1.46 bits per heavy atom. The number of ether oxygens (including phenoxy) is 1. The summed E-state index contributed by atoms with van der Waals surface area (Å²) >= 11 is 3.26. The Morgan fingerprint density at radius 2 is 2.33 bits per heavy atom. The summed E-state index contributed by atoms with van der Waals surface area (Å²) in [7, 11) is 1.66. The Kier molecular flexibility index (Phi) is 5.65. The van der Waals surface area contributed by atoms with E-state index in [4.69, 9.17) is 9.84 Å². The van der Waals surface area contributed by atoms with E-state index in [-0.39, 0.29) is 5.37 Å². The van der Waals surface area contributed by atoms with Crippen LogP contribution in [0.1, 0.15) is 16.5 Å². The van der Waals surface area contributed by atoms with Crippen LogP contribution in [0.5, 0.6) is 5.75 Å². The van der Waals surface area contributed by atoms with Crippen LogP contribution in [0, 0.1) is 0 Å². The molecule has 0 unspecified atom stereocenters. The third-order valence-electron chi connectivity index (χ3n) is 3.70. The van der Waals surface area contributed by atoms with Crippen molar-refractivity contribution < 1.29 is 14.6 Å². The normalized spacial score (nSPS) is 20.0. The van der Waals surface area contributed by atoms with Gasteiger partial charge >= 0.3 is 5.97 Å². The van der Waals surface area contributed by atoms with Crippen LogP contribution in [0.3, 0.4) is 0 Å². The average Bonchev–Trinajstić information content (AvgIpc) is 3.11. The van der Waals surface area contributed by atoms with E-state index in [2.05, 4.69) is 16.4 Å². The molecule has 2 aromatic rings. The zero-order chi connectivity index (χ0) is 16.9. The molecular weight excluding hydrogens is 344 g/mol. The second-order valence-electron chi connectivity index (χ2n) is 5.30. The van der Waals surface area contributed by atoms with E-state index in [0.29, 0.717) is 5.75 Å². The van der Waals surface area contributed by atoms with E-state index in [9.17, 15) is 4.79 Å². The number of benzene rings is 1. The number of aliphatic carboxylic acids is 1. The number of carboxylic acid groups (broad SMARTS) is 1. The molecule has 1 saturated heterocycles. The van der Waals surface area contributed by atoms with Crippen LogP contribution in [0.15, 0.2) is 47.6 Å². The molecule has 0 saturated carbocycles.